The molecule has 0 spiro atoms. The minimum absolute atomic E-state index is 0.0133. The lowest BCUT2D eigenvalue weighted by atomic mass is 9.73. The summed E-state index contributed by atoms with van der Waals surface area (Å²) in [5.41, 5.74) is -3.64. The Morgan fingerprint density at radius 1 is 1.26 bits per heavy atom. The van der Waals surface area contributed by atoms with Gasteiger partial charge in [0.15, 0.2) is 0 Å². The van der Waals surface area contributed by atoms with Crippen molar-refractivity contribution in [2.75, 3.05) is 33.4 Å². The van der Waals surface area contributed by atoms with Crippen molar-refractivity contribution in [1.82, 2.24) is 9.80 Å². The highest BCUT2D eigenvalue weighted by molar-refractivity contribution is 5.86. The van der Waals surface area contributed by atoms with Crippen LogP contribution in [-0.4, -0.2) is 75.2 Å². The summed E-state index contributed by atoms with van der Waals surface area (Å²) in [5, 5.41) is 31.7. The van der Waals surface area contributed by atoms with Crippen LogP contribution in [0.1, 0.15) is 6.42 Å². The molecule has 2 saturated heterocycles. The van der Waals surface area contributed by atoms with E-state index < -0.39 is 40.0 Å². The Kier molecular flexibility index (Phi) is 2.94. The number of aliphatic hydroxyl groups is 1. The van der Waals surface area contributed by atoms with Crippen LogP contribution in [0.4, 0.5) is 0 Å². The number of carbonyl (C=O) groups is 1. The molecular formula is C9H14N4O6. The predicted molar refractivity (Wildman–Crippen MR) is 60.4 cm³/mol. The van der Waals surface area contributed by atoms with Gasteiger partial charge in [0.05, 0.1) is 19.6 Å². The van der Waals surface area contributed by atoms with Crippen LogP contribution in [0.3, 0.4) is 0 Å². The molecule has 2 aliphatic rings. The van der Waals surface area contributed by atoms with E-state index in [9.17, 15) is 25.0 Å². The number of rotatable bonds is 3. The summed E-state index contributed by atoms with van der Waals surface area (Å²) in [7, 11) is 1.51. The first-order chi connectivity index (χ1) is 8.77. The molecule has 1 amide bonds. The lowest BCUT2D eigenvalue weighted by Gasteiger charge is -2.47. The number of fused-ring (bicyclic) bond motifs is 2. The SMILES string of the molecule is CN1CC2([N+](=O)[O-])CN(CO)C(=O)C([N+](=O)[O-])(C1)C2. The highest BCUT2D eigenvalue weighted by atomic mass is 16.6. The van der Waals surface area contributed by atoms with Crippen molar-refractivity contribution in [3.05, 3.63) is 20.2 Å². The van der Waals surface area contributed by atoms with Crippen molar-refractivity contribution in [2.45, 2.75) is 17.5 Å². The van der Waals surface area contributed by atoms with Gasteiger partial charge in [-0.15, -0.1) is 0 Å². The Hall–Kier alpha value is -1.81. The average Bonchev–Trinajstić information content (AvgIpc) is 2.32. The molecule has 2 heterocycles. The maximum atomic E-state index is 12.1. The molecule has 2 fully saturated rings. The molecule has 0 aromatic rings. The Morgan fingerprint density at radius 2 is 1.89 bits per heavy atom. The Morgan fingerprint density at radius 3 is 2.37 bits per heavy atom. The molecule has 0 saturated carbocycles. The number of likely N-dealkylation sites (tertiary alicyclic amines) is 2. The van der Waals surface area contributed by atoms with Gasteiger partial charge in [0.1, 0.15) is 13.2 Å². The number of carbonyl (C=O) groups excluding carboxylic acids is 1. The molecule has 0 aromatic heterocycles. The van der Waals surface area contributed by atoms with Crippen molar-refractivity contribution in [2.24, 2.45) is 0 Å². The number of aliphatic hydroxyl groups excluding tert-OH is 1. The summed E-state index contributed by atoms with van der Waals surface area (Å²) >= 11 is 0. The zero-order valence-corrected chi connectivity index (χ0v) is 10.3. The number of likely N-dealkylation sites (N-methyl/N-ethyl adjacent to an activating group) is 1. The van der Waals surface area contributed by atoms with Crippen molar-refractivity contribution >= 4 is 5.91 Å². The fourth-order valence-corrected chi connectivity index (χ4v) is 3.13. The molecule has 10 heteroatoms. The quantitative estimate of drug-likeness (QED) is 0.472. The minimum atomic E-state index is -2.04. The van der Waals surface area contributed by atoms with Gasteiger partial charge in [-0.25, -0.2) is 0 Å². The zero-order valence-electron chi connectivity index (χ0n) is 10.3. The molecule has 0 aliphatic carbocycles. The van der Waals surface area contributed by atoms with Crippen LogP contribution in [0.15, 0.2) is 0 Å². The second-order valence-corrected chi connectivity index (χ2v) is 5.26. The summed E-state index contributed by atoms with van der Waals surface area (Å²) in [4.78, 5) is 35.6. The first-order valence-electron chi connectivity index (χ1n) is 5.65. The third-order valence-electron chi connectivity index (χ3n) is 3.80. The second kappa shape index (κ2) is 4.10. The second-order valence-electron chi connectivity index (χ2n) is 5.26. The van der Waals surface area contributed by atoms with Gasteiger partial charge >= 0.3 is 11.4 Å². The van der Waals surface area contributed by atoms with Gasteiger partial charge in [0, 0.05) is 9.85 Å². The predicted octanol–water partition coefficient (Wildman–Crippen LogP) is -1.86. The number of amides is 1. The molecule has 2 bridgehead atoms. The molecule has 2 unspecified atom stereocenters. The molecule has 2 aliphatic heterocycles. The summed E-state index contributed by atoms with van der Waals surface area (Å²) in [6.45, 7) is -1.24. The van der Waals surface area contributed by atoms with Crippen LogP contribution in [0, 0.1) is 20.2 Å². The van der Waals surface area contributed by atoms with Gasteiger partial charge < -0.3 is 10.0 Å². The molecule has 19 heavy (non-hydrogen) atoms. The standard InChI is InChI=1S/C9H14N4O6/c1-10-3-8(12(16)17)2-9(5-10,13(18)19)7(15)11(4-8)6-14/h14H,2-6H2,1H3. The van der Waals surface area contributed by atoms with E-state index in [-0.39, 0.29) is 19.6 Å². The van der Waals surface area contributed by atoms with Crippen molar-refractivity contribution in [3.63, 3.8) is 0 Å². The van der Waals surface area contributed by atoms with Gasteiger partial charge in [-0.1, -0.05) is 0 Å². The molecule has 10 nitrogen and oxygen atoms in total. The van der Waals surface area contributed by atoms with E-state index in [1.54, 1.807) is 0 Å². The third-order valence-corrected chi connectivity index (χ3v) is 3.80. The van der Waals surface area contributed by atoms with Crippen LogP contribution >= 0.6 is 0 Å². The fraction of sp³-hybridized carbons (Fsp3) is 0.889. The van der Waals surface area contributed by atoms with Crippen molar-refractivity contribution < 1.29 is 19.7 Å². The maximum Gasteiger partial charge on any atom is 0.318 e. The summed E-state index contributed by atoms with van der Waals surface area (Å²) < 4.78 is 0. The van der Waals surface area contributed by atoms with Crippen LogP contribution in [0.5, 0.6) is 0 Å². The minimum Gasteiger partial charge on any atom is -0.376 e. The van der Waals surface area contributed by atoms with Crippen LogP contribution in [0.25, 0.3) is 0 Å². The molecule has 2 atom stereocenters. The first-order valence-corrected chi connectivity index (χ1v) is 5.65. The lowest BCUT2D eigenvalue weighted by Crippen LogP contribution is -2.76. The third kappa shape index (κ3) is 1.75. The van der Waals surface area contributed by atoms with Crippen molar-refractivity contribution in [3.8, 4) is 0 Å². The van der Waals surface area contributed by atoms with E-state index in [4.69, 9.17) is 5.11 Å². The monoisotopic (exact) mass is 274 g/mol. The van der Waals surface area contributed by atoms with Crippen LogP contribution in [-0.2, 0) is 4.79 Å². The first kappa shape index (κ1) is 13.6. The molecule has 0 aromatic carbocycles. The highest BCUT2D eigenvalue weighted by Gasteiger charge is 2.70. The zero-order chi connectivity index (χ0) is 14.4. The summed E-state index contributed by atoms with van der Waals surface area (Å²) in [6, 6.07) is 0. The smallest absolute Gasteiger partial charge is 0.318 e. The Labute approximate surface area is 107 Å². The molecule has 1 N–H and O–H groups in total. The number of hydrogen-bond donors (Lipinski definition) is 1. The number of nitro groups is 2. The Balaban J connectivity index is 2.54. The van der Waals surface area contributed by atoms with E-state index in [0.717, 1.165) is 4.90 Å². The largest absolute Gasteiger partial charge is 0.376 e. The van der Waals surface area contributed by atoms with E-state index in [2.05, 4.69) is 0 Å². The van der Waals surface area contributed by atoms with Gasteiger partial charge in [-0.3, -0.25) is 29.9 Å². The average molecular weight is 274 g/mol. The van der Waals surface area contributed by atoms with Crippen LogP contribution in [0.2, 0.25) is 0 Å². The summed E-state index contributed by atoms with van der Waals surface area (Å²) in [6.07, 6.45) is -0.431. The van der Waals surface area contributed by atoms with Gasteiger partial charge in [-0.05, 0) is 7.05 Å². The number of piperidine rings is 2. The normalized spacial score (nSPS) is 35.3. The number of hydrogen-bond acceptors (Lipinski definition) is 7. The van der Waals surface area contributed by atoms with Gasteiger partial charge in [-0.2, -0.15) is 0 Å². The van der Waals surface area contributed by atoms with Gasteiger partial charge in [0.2, 0.25) is 0 Å². The van der Waals surface area contributed by atoms with E-state index in [1.807, 2.05) is 0 Å². The lowest BCUT2D eigenvalue weighted by molar-refractivity contribution is -0.622. The molecular weight excluding hydrogens is 260 g/mol. The van der Waals surface area contributed by atoms with E-state index >= 15 is 0 Å². The highest BCUT2D eigenvalue weighted by Crippen LogP contribution is 2.39. The maximum absolute atomic E-state index is 12.1. The molecule has 2 rings (SSSR count). The van der Waals surface area contributed by atoms with Crippen molar-refractivity contribution in [1.29, 1.82) is 0 Å². The molecule has 106 valence electrons. The number of nitrogens with zero attached hydrogens (tertiary/aromatic N) is 4. The fourth-order valence-electron chi connectivity index (χ4n) is 3.13. The van der Waals surface area contributed by atoms with E-state index in [1.165, 1.54) is 11.9 Å². The summed E-state index contributed by atoms with van der Waals surface area (Å²) in [5.74, 6) is -0.857. The van der Waals surface area contributed by atoms with E-state index in [0.29, 0.717) is 0 Å². The van der Waals surface area contributed by atoms with Crippen LogP contribution < -0.4 is 0 Å². The topological polar surface area (TPSA) is 130 Å². The Bertz CT molecular complexity index is 456. The molecule has 0 radical (unpaired) electrons. The van der Waals surface area contributed by atoms with Gasteiger partial charge in [0.25, 0.3) is 5.54 Å².